The van der Waals surface area contributed by atoms with Crippen LogP contribution in [-0.2, 0) is 4.79 Å². The predicted octanol–water partition coefficient (Wildman–Crippen LogP) is 2.17. The lowest BCUT2D eigenvalue weighted by atomic mass is 10.1. The van der Waals surface area contributed by atoms with Crippen LogP contribution in [-0.4, -0.2) is 24.2 Å². The molecule has 1 atom stereocenters. The van der Waals surface area contributed by atoms with Crippen molar-refractivity contribution in [2.45, 2.75) is 13.0 Å². The maximum absolute atomic E-state index is 11.7. The monoisotopic (exact) mass is 298 g/mol. The second-order valence-electron chi connectivity index (χ2n) is 4.60. The van der Waals surface area contributed by atoms with Crippen LogP contribution < -0.4 is 15.6 Å². The average Bonchev–Trinajstić information content (AvgIpc) is 2.58. The normalized spacial score (nSPS) is 12.1. The summed E-state index contributed by atoms with van der Waals surface area (Å²) < 4.78 is 5.10. The van der Waals surface area contributed by atoms with Crippen LogP contribution in [0, 0.1) is 0 Å². The number of carbonyl (C=O) groups is 1. The van der Waals surface area contributed by atoms with Gasteiger partial charge in [-0.3, -0.25) is 20.2 Å². The molecule has 1 aromatic carbocycles. The molecule has 0 bridgehead atoms. The lowest BCUT2D eigenvalue weighted by molar-refractivity contribution is -0.115. The van der Waals surface area contributed by atoms with Gasteiger partial charge < -0.3 is 4.74 Å². The summed E-state index contributed by atoms with van der Waals surface area (Å²) >= 11 is 0. The zero-order valence-electron chi connectivity index (χ0n) is 12.5. The van der Waals surface area contributed by atoms with Crippen molar-refractivity contribution < 1.29 is 9.53 Å². The summed E-state index contributed by atoms with van der Waals surface area (Å²) in [5.41, 5.74) is 7.18. The van der Waals surface area contributed by atoms with Gasteiger partial charge in [0.2, 0.25) is 0 Å². The molecule has 1 unspecified atom stereocenters. The fourth-order valence-electron chi connectivity index (χ4n) is 1.77. The molecule has 0 spiro atoms. The Hall–Kier alpha value is -2.73. The third-order valence-electron chi connectivity index (χ3n) is 3.00. The summed E-state index contributed by atoms with van der Waals surface area (Å²) in [5.74, 6) is 0.364. The Morgan fingerprint density at radius 3 is 2.82 bits per heavy atom. The number of ether oxygens (including phenoxy) is 1. The summed E-state index contributed by atoms with van der Waals surface area (Å²) in [6.45, 7) is 1.94. The minimum Gasteiger partial charge on any atom is -0.497 e. The number of hydrazine groups is 1. The van der Waals surface area contributed by atoms with E-state index in [1.54, 1.807) is 31.6 Å². The SMILES string of the molecule is COc1cccc(N=CC(=O)NNC(C)c2ccncc2)c1. The molecule has 2 N–H and O–H groups in total. The second-order valence-corrected chi connectivity index (χ2v) is 4.60. The van der Waals surface area contributed by atoms with Crippen molar-refractivity contribution in [2.24, 2.45) is 4.99 Å². The molecule has 6 heteroatoms. The number of nitrogens with one attached hydrogen (secondary N) is 2. The van der Waals surface area contributed by atoms with E-state index in [0.29, 0.717) is 11.4 Å². The van der Waals surface area contributed by atoms with Crippen LogP contribution in [0.2, 0.25) is 0 Å². The van der Waals surface area contributed by atoms with Crippen molar-refractivity contribution >= 4 is 17.8 Å². The summed E-state index contributed by atoms with van der Waals surface area (Å²) in [7, 11) is 1.58. The van der Waals surface area contributed by atoms with Crippen molar-refractivity contribution in [3.63, 3.8) is 0 Å². The molecular formula is C16H18N4O2. The molecule has 0 fully saturated rings. The zero-order chi connectivity index (χ0) is 15.8. The average molecular weight is 298 g/mol. The Balaban J connectivity index is 1.86. The number of pyridine rings is 1. The van der Waals surface area contributed by atoms with Gasteiger partial charge in [0.1, 0.15) is 5.75 Å². The van der Waals surface area contributed by atoms with Gasteiger partial charge in [-0.25, -0.2) is 5.43 Å². The molecule has 0 aliphatic carbocycles. The number of hydrogen-bond acceptors (Lipinski definition) is 5. The Morgan fingerprint density at radius 1 is 1.32 bits per heavy atom. The maximum Gasteiger partial charge on any atom is 0.276 e. The van der Waals surface area contributed by atoms with Crippen LogP contribution in [0.5, 0.6) is 5.75 Å². The van der Waals surface area contributed by atoms with Gasteiger partial charge in [0, 0.05) is 24.5 Å². The molecule has 0 aliphatic rings. The fraction of sp³-hybridized carbons (Fsp3) is 0.188. The van der Waals surface area contributed by atoms with E-state index in [9.17, 15) is 4.79 Å². The van der Waals surface area contributed by atoms with Gasteiger partial charge in [0.15, 0.2) is 0 Å². The van der Waals surface area contributed by atoms with E-state index >= 15 is 0 Å². The van der Waals surface area contributed by atoms with E-state index in [-0.39, 0.29) is 11.9 Å². The van der Waals surface area contributed by atoms with E-state index < -0.39 is 0 Å². The summed E-state index contributed by atoms with van der Waals surface area (Å²) in [6.07, 6.45) is 4.64. The van der Waals surface area contributed by atoms with Crippen LogP contribution in [0.25, 0.3) is 0 Å². The molecule has 114 valence electrons. The van der Waals surface area contributed by atoms with Gasteiger partial charge in [-0.2, -0.15) is 0 Å². The number of methoxy groups -OCH3 is 1. The molecule has 1 heterocycles. The van der Waals surface area contributed by atoms with E-state index in [2.05, 4.69) is 20.8 Å². The highest BCUT2D eigenvalue weighted by Gasteiger charge is 2.05. The van der Waals surface area contributed by atoms with Crippen molar-refractivity contribution in [3.05, 3.63) is 54.4 Å². The molecule has 0 aliphatic heterocycles. The minimum atomic E-state index is -0.330. The zero-order valence-corrected chi connectivity index (χ0v) is 12.5. The van der Waals surface area contributed by atoms with Crippen LogP contribution in [0.1, 0.15) is 18.5 Å². The van der Waals surface area contributed by atoms with Gasteiger partial charge in [-0.15, -0.1) is 0 Å². The molecule has 2 rings (SSSR count). The van der Waals surface area contributed by atoms with Crippen molar-refractivity contribution in [1.82, 2.24) is 15.8 Å². The van der Waals surface area contributed by atoms with E-state index in [4.69, 9.17) is 4.74 Å². The molecule has 0 radical (unpaired) electrons. The van der Waals surface area contributed by atoms with Gasteiger partial charge in [0.05, 0.1) is 19.0 Å². The minimum absolute atomic E-state index is 0.0304. The standard InChI is InChI=1S/C16H18N4O2/c1-12(13-6-8-17-9-7-13)19-20-16(21)11-18-14-4-3-5-15(10-14)22-2/h3-12,19H,1-2H3,(H,20,21). The van der Waals surface area contributed by atoms with E-state index in [1.807, 2.05) is 31.2 Å². The Bertz CT molecular complexity index is 644. The molecule has 1 amide bonds. The van der Waals surface area contributed by atoms with Gasteiger partial charge >= 0.3 is 0 Å². The Kier molecular flexibility index (Phi) is 5.62. The van der Waals surface area contributed by atoms with Crippen LogP contribution in [0.3, 0.4) is 0 Å². The number of rotatable bonds is 6. The topological polar surface area (TPSA) is 75.6 Å². The number of aliphatic imine (C=N–C) groups is 1. The number of amides is 1. The first-order chi connectivity index (χ1) is 10.7. The highest BCUT2D eigenvalue weighted by molar-refractivity contribution is 6.26. The van der Waals surface area contributed by atoms with Crippen LogP contribution in [0.15, 0.2) is 53.8 Å². The largest absolute Gasteiger partial charge is 0.497 e. The molecule has 2 aromatic rings. The van der Waals surface area contributed by atoms with Crippen molar-refractivity contribution in [2.75, 3.05) is 7.11 Å². The molecule has 1 aromatic heterocycles. The number of aromatic nitrogens is 1. The lowest BCUT2D eigenvalue weighted by Crippen LogP contribution is -2.39. The lowest BCUT2D eigenvalue weighted by Gasteiger charge is -2.13. The second kappa shape index (κ2) is 7.90. The van der Waals surface area contributed by atoms with Gasteiger partial charge in [-0.1, -0.05) is 6.07 Å². The molecule has 6 nitrogen and oxygen atoms in total. The van der Waals surface area contributed by atoms with Crippen molar-refractivity contribution in [1.29, 1.82) is 0 Å². The molecular weight excluding hydrogens is 280 g/mol. The first-order valence-corrected chi connectivity index (χ1v) is 6.82. The predicted molar refractivity (Wildman–Crippen MR) is 85.1 cm³/mol. The molecule has 0 saturated carbocycles. The van der Waals surface area contributed by atoms with Gasteiger partial charge in [-0.05, 0) is 36.8 Å². The number of nitrogens with zero attached hydrogens (tertiary/aromatic N) is 2. The number of carbonyl (C=O) groups excluding carboxylic acids is 1. The fourth-order valence-corrected chi connectivity index (χ4v) is 1.77. The highest BCUT2D eigenvalue weighted by Crippen LogP contribution is 2.18. The first kappa shape index (κ1) is 15.7. The molecule has 0 saturated heterocycles. The summed E-state index contributed by atoms with van der Waals surface area (Å²) in [6, 6.07) is 10.9. The molecule has 22 heavy (non-hydrogen) atoms. The quantitative estimate of drug-likeness (QED) is 0.633. The van der Waals surface area contributed by atoms with Crippen LogP contribution >= 0.6 is 0 Å². The summed E-state index contributed by atoms with van der Waals surface area (Å²) in [5, 5.41) is 0. The first-order valence-electron chi connectivity index (χ1n) is 6.82. The summed E-state index contributed by atoms with van der Waals surface area (Å²) in [4.78, 5) is 19.8. The third-order valence-corrected chi connectivity index (χ3v) is 3.00. The third kappa shape index (κ3) is 4.68. The van der Waals surface area contributed by atoms with E-state index in [1.165, 1.54) is 6.21 Å². The van der Waals surface area contributed by atoms with Crippen LogP contribution in [0.4, 0.5) is 5.69 Å². The smallest absolute Gasteiger partial charge is 0.276 e. The van der Waals surface area contributed by atoms with Crippen molar-refractivity contribution in [3.8, 4) is 5.75 Å². The Labute approximate surface area is 129 Å². The van der Waals surface area contributed by atoms with E-state index in [0.717, 1.165) is 5.56 Å². The maximum atomic E-state index is 11.7. The van der Waals surface area contributed by atoms with Gasteiger partial charge in [0.25, 0.3) is 5.91 Å². The Morgan fingerprint density at radius 2 is 2.09 bits per heavy atom. The highest BCUT2D eigenvalue weighted by atomic mass is 16.5. The number of benzene rings is 1. The number of hydrogen-bond donors (Lipinski definition) is 2.